The van der Waals surface area contributed by atoms with Gasteiger partial charge in [0.1, 0.15) is 23.9 Å². The SMILES string of the molecule is CCC(C)[C@H](NC(=O)[C@H](Cc1ccccc1)[C@@H](O)[C@H](O)[C@H](Cc1ccccc1)NC(=O)[C@H](Cc1cnc[nH]1)NC(=O)COc1cccc2ccccc12)C(=O)NCc1ccccn1. The molecule has 0 aliphatic carbocycles. The summed E-state index contributed by atoms with van der Waals surface area (Å²) in [7, 11) is 0. The van der Waals surface area contributed by atoms with E-state index in [9.17, 15) is 29.4 Å². The topological polar surface area (TPSA) is 208 Å². The lowest BCUT2D eigenvalue weighted by molar-refractivity contribution is -0.138. The number of carbonyl (C=O) groups excluding carboxylic acids is 4. The highest BCUT2D eigenvalue weighted by Crippen LogP contribution is 2.25. The maximum atomic E-state index is 14.4. The van der Waals surface area contributed by atoms with E-state index in [-0.39, 0.29) is 38.3 Å². The number of imidazole rings is 1. The first kappa shape index (κ1) is 45.6. The summed E-state index contributed by atoms with van der Waals surface area (Å²) in [5.41, 5.74) is 2.65. The van der Waals surface area contributed by atoms with E-state index in [1.54, 1.807) is 48.7 Å². The van der Waals surface area contributed by atoms with Crippen molar-refractivity contribution in [1.29, 1.82) is 0 Å². The Morgan fingerprint density at radius 3 is 2.08 bits per heavy atom. The fourth-order valence-corrected chi connectivity index (χ4v) is 7.40. The second kappa shape index (κ2) is 22.8. The number of aromatic nitrogens is 3. The molecular formula is C49H55N7O7. The summed E-state index contributed by atoms with van der Waals surface area (Å²) in [6.45, 7) is 3.52. The number of hydrogen-bond acceptors (Lipinski definition) is 9. The number of H-pyrrole nitrogens is 1. The fourth-order valence-electron chi connectivity index (χ4n) is 7.40. The van der Waals surface area contributed by atoms with Crippen molar-refractivity contribution in [2.24, 2.45) is 11.8 Å². The molecule has 2 aromatic heterocycles. The van der Waals surface area contributed by atoms with Gasteiger partial charge in [-0.3, -0.25) is 24.2 Å². The molecule has 0 spiro atoms. The van der Waals surface area contributed by atoms with Crippen LogP contribution in [0.4, 0.5) is 0 Å². The van der Waals surface area contributed by atoms with Gasteiger partial charge in [-0.1, -0.05) is 123 Å². The summed E-state index contributed by atoms with van der Waals surface area (Å²) >= 11 is 0. The van der Waals surface area contributed by atoms with Gasteiger partial charge in [0.05, 0.1) is 36.6 Å². The van der Waals surface area contributed by atoms with Crippen molar-refractivity contribution in [3.63, 3.8) is 0 Å². The van der Waals surface area contributed by atoms with Gasteiger partial charge in [-0.05, 0) is 53.5 Å². The van der Waals surface area contributed by atoms with Gasteiger partial charge in [-0.25, -0.2) is 4.98 Å². The molecule has 63 heavy (non-hydrogen) atoms. The molecule has 0 saturated heterocycles. The molecule has 0 bridgehead atoms. The Hall–Kier alpha value is -6.90. The minimum Gasteiger partial charge on any atom is -0.483 e. The summed E-state index contributed by atoms with van der Waals surface area (Å²) in [5.74, 6) is -3.33. The van der Waals surface area contributed by atoms with E-state index in [1.807, 2.05) is 92.7 Å². The zero-order valence-electron chi connectivity index (χ0n) is 35.4. The molecule has 4 aromatic carbocycles. The molecule has 7 atom stereocenters. The number of hydrogen-bond donors (Lipinski definition) is 7. The van der Waals surface area contributed by atoms with Gasteiger partial charge >= 0.3 is 0 Å². The molecule has 0 aliphatic rings. The van der Waals surface area contributed by atoms with Crippen molar-refractivity contribution in [1.82, 2.24) is 36.2 Å². The lowest BCUT2D eigenvalue weighted by atomic mass is 9.85. The first-order valence-corrected chi connectivity index (χ1v) is 21.2. The van der Waals surface area contributed by atoms with E-state index in [0.717, 1.165) is 16.3 Å². The van der Waals surface area contributed by atoms with Crippen molar-refractivity contribution in [2.75, 3.05) is 6.61 Å². The van der Waals surface area contributed by atoms with Gasteiger partial charge in [0.25, 0.3) is 5.91 Å². The molecule has 2 heterocycles. The lowest BCUT2D eigenvalue weighted by Gasteiger charge is -2.34. The largest absolute Gasteiger partial charge is 0.483 e. The van der Waals surface area contributed by atoms with Crippen LogP contribution >= 0.6 is 0 Å². The van der Waals surface area contributed by atoms with Crippen LogP contribution < -0.4 is 26.0 Å². The van der Waals surface area contributed by atoms with Gasteiger partial charge in [-0.15, -0.1) is 0 Å². The molecule has 6 rings (SSSR count). The number of nitrogens with one attached hydrogen (secondary N) is 5. The minimum absolute atomic E-state index is 0.00882. The molecule has 0 fully saturated rings. The predicted molar refractivity (Wildman–Crippen MR) is 239 cm³/mol. The first-order chi connectivity index (χ1) is 30.6. The summed E-state index contributed by atoms with van der Waals surface area (Å²) in [5, 5.41) is 37.5. The third-order valence-electron chi connectivity index (χ3n) is 11.1. The standard InChI is InChI=1S/C49H55N7O7/c1-3-32(2)44(49(62)52-29-36-21-12-13-24-51-36)56-47(60)39(25-33-15-6-4-7-16-33)45(58)46(59)40(26-34-17-8-5-9-18-34)55-48(61)41(27-37-28-50-31-53-37)54-43(57)30-63-42-23-14-20-35-19-10-11-22-38(35)42/h4-24,28,31-32,39-41,44-46,58-59H,3,25-27,29-30H2,1-2H3,(H,50,53)(H,52,62)(H,54,57)(H,55,61)(H,56,60)/t32?,39-,40+,41+,44+,45-,46-/m1/s1. The van der Waals surface area contributed by atoms with Crippen LogP contribution in [-0.4, -0.2) is 85.7 Å². The smallest absolute Gasteiger partial charge is 0.258 e. The Labute approximate surface area is 366 Å². The average Bonchev–Trinajstić information content (AvgIpc) is 3.84. The molecule has 0 radical (unpaired) electrons. The normalized spacial score (nSPS) is 14.5. The van der Waals surface area contributed by atoms with Crippen molar-refractivity contribution in [2.45, 2.75) is 76.4 Å². The van der Waals surface area contributed by atoms with Gasteiger partial charge in [0.2, 0.25) is 17.7 Å². The third-order valence-corrected chi connectivity index (χ3v) is 11.1. The average molecular weight is 854 g/mol. The quantitative estimate of drug-likeness (QED) is 0.0521. The van der Waals surface area contributed by atoms with E-state index in [0.29, 0.717) is 29.1 Å². The number of fused-ring (bicyclic) bond motifs is 1. The Morgan fingerprint density at radius 1 is 0.714 bits per heavy atom. The zero-order valence-corrected chi connectivity index (χ0v) is 35.4. The van der Waals surface area contributed by atoms with Crippen molar-refractivity contribution < 1.29 is 34.1 Å². The van der Waals surface area contributed by atoms with E-state index >= 15 is 0 Å². The molecule has 1 unspecified atom stereocenters. The molecule has 14 heteroatoms. The van der Waals surface area contributed by atoms with Crippen LogP contribution in [0.2, 0.25) is 0 Å². The van der Waals surface area contributed by atoms with Gasteiger partial charge in [0.15, 0.2) is 6.61 Å². The van der Waals surface area contributed by atoms with Crippen LogP contribution in [-0.2, 0) is 45.0 Å². The van der Waals surface area contributed by atoms with Crippen LogP contribution in [0.25, 0.3) is 10.8 Å². The maximum absolute atomic E-state index is 14.4. The number of pyridine rings is 1. The van der Waals surface area contributed by atoms with Crippen LogP contribution in [0.5, 0.6) is 5.75 Å². The molecule has 0 aliphatic heterocycles. The second-order valence-electron chi connectivity index (χ2n) is 15.7. The maximum Gasteiger partial charge on any atom is 0.258 e. The second-order valence-corrected chi connectivity index (χ2v) is 15.7. The molecule has 7 N–H and O–H groups in total. The number of aliphatic hydroxyl groups is 2. The molecule has 6 aromatic rings. The number of aliphatic hydroxyl groups excluding tert-OH is 2. The number of amides is 4. The number of benzene rings is 4. The molecule has 4 amide bonds. The van der Waals surface area contributed by atoms with Crippen LogP contribution in [0, 0.1) is 11.8 Å². The van der Waals surface area contributed by atoms with Crippen molar-refractivity contribution in [3.8, 4) is 5.75 Å². The third kappa shape index (κ3) is 13.1. The number of nitrogens with zero attached hydrogens (tertiary/aromatic N) is 2. The Morgan fingerprint density at radius 2 is 1.40 bits per heavy atom. The van der Waals surface area contributed by atoms with Gasteiger partial charge < -0.3 is 41.2 Å². The highest BCUT2D eigenvalue weighted by molar-refractivity contribution is 5.91. The fraction of sp³-hybridized carbons (Fsp3) is 0.306. The lowest BCUT2D eigenvalue weighted by Crippen LogP contribution is -2.59. The summed E-state index contributed by atoms with van der Waals surface area (Å²) in [6.07, 6.45) is 1.84. The number of carbonyl (C=O) groups is 4. The molecule has 0 saturated carbocycles. The number of ether oxygens (including phenoxy) is 1. The van der Waals surface area contributed by atoms with Crippen LogP contribution in [0.15, 0.2) is 140 Å². The first-order valence-electron chi connectivity index (χ1n) is 21.2. The Bertz CT molecular complexity index is 2360. The Balaban J connectivity index is 1.23. The number of aromatic amines is 1. The monoisotopic (exact) mass is 853 g/mol. The molecule has 328 valence electrons. The van der Waals surface area contributed by atoms with Gasteiger partial charge in [0, 0.05) is 29.9 Å². The summed E-state index contributed by atoms with van der Waals surface area (Å²) < 4.78 is 5.92. The predicted octanol–water partition coefficient (Wildman–Crippen LogP) is 4.22. The molecule has 14 nitrogen and oxygen atoms in total. The Kier molecular flexibility index (Phi) is 16.5. The van der Waals surface area contributed by atoms with Crippen LogP contribution in [0.1, 0.15) is 42.8 Å². The summed E-state index contributed by atoms with van der Waals surface area (Å²) in [6, 6.07) is 33.4. The van der Waals surface area contributed by atoms with Crippen LogP contribution in [0.3, 0.4) is 0 Å². The van der Waals surface area contributed by atoms with E-state index in [4.69, 9.17) is 4.74 Å². The minimum atomic E-state index is -1.73. The molecular weight excluding hydrogens is 799 g/mol. The van der Waals surface area contributed by atoms with Crippen molar-refractivity contribution >= 4 is 34.4 Å². The highest BCUT2D eigenvalue weighted by atomic mass is 16.5. The van der Waals surface area contributed by atoms with E-state index < -0.39 is 59.9 Å². The zero-order chi connectivity index (χ0) is 44.6. The van der Waals surface area contributed by atoms with E-state index in [1.165, 1.54) is 12.5 Å². The highest BCUT2D eigenvalue weighted by Gasteiger charge is 2.39. The van der Waals surface area contributed by atoms with E-state index in [2.05, 4.69) is 36.2 Å². The number of rotatable bonds is 22. The van der Waals surface area contributed by atoms with Crippen molar-refractivity contribution in [3.05, 3.63) is 163 Å². The summed E-state index contributed by atoms with van der Waals surface area (Å²) in [4.78, 5) is 67.2. The van der Waals surface area contributed by atoms with Gasteiger partial charge in [-0.2, -0.15) is 0 Å².